The van der Waals surface area contributed by atoms with Crippen LogP contribution in [0.25, 0.3) is 0 Å². The van der Waals surface area contributed by atoms with Crippen LogP contribution in [0.15, 0.2) is 41.8 Å². The van der Waals surface area contributed by atoms with Crippen molar-refractivity contribution in [3.63, 3.8) is 0 Å². The minimum Gasteiger partial charge on any atom is -0.325 e. The van der Waals surface area contributed by atoms with Crippen molar-refractivity contribution in [3.8, 4) is 0 Å². The van der Waals surface area contributed by atoms with Gasteiger partial charge in [0, 0.05) is 10.6 Å². The molecular formula is C14H16N2O3S2. The molecule has 1 atom stereocenters. The molecule has 1 aromatic heterocycles. The summed E-state index contributed by atoms with van der Waals surface area (Å²) in [6.45, 7) is 1.83. The Morgan fingerprint density at radius 3 is 2.52 bits per heavy atom. The summed E-state index contributed by atoms with van der Waals surface area (Å²) < 4.78 is 24.8. The summed E-state index contributed by atoms with van der Waals surface area (Å²) in [5.41, 5.74) is 0.969. The number of sulfonamides is 1. The van der Waals surface area contributed by atoms with Crippen LogP contribution in [0.3, 0.4) is 0 Å². The molecule has 1 aromatic carbocycles. The van der Waals surface area contributed by atoms with Crippen LogP contribution in [-0.2, 0) is 14.8 Å². The second-order valence-corrected chi connectivity index (χ2v) is 7.41. The van der Waals surface area contributed by atoms with Crippen molar-refractivity contribution in [3.05, 3.63) is 46.7 Å². The standard InChI is InChI=1S/C14H16N2O3S2/c1-10(13-7-4-8-20-13)14(17)15-11-5-3-6-12(9-11)16-21(2,18)19/h3-10,16H,1-2H3,(H,15,17)/t10-/m1/s1. The highest BCUT2D eigenvalue weighted by atomic mass is 32.2. The second-order valence-electron chi connectivity index (χ2n) is 4.68. The van der Waals surface area contributed by atoms with Gasteiger partial charge in [-0.1, -0.05) is 12.1 Å². The average molecular weight is 324 g/mol. The highest BCUT2D eigenvalue weighted by Crippen LogP contribution is 2.23. The summed E-state index contributed by atoms with van der Waals surface area (Å²) in [5, 5.41) is 4.72. The Bertz CT molecular complexity index is 724. The molecule has 2 aromatic rings. The quantitative estimate of drug-likeness (QED) is 0.888. The van der Waals surface area contributed by atoms with Gasteiger partial charge in [-0.25, -0.2) is 8.42 Å². The van der Waals surface area contributed by atoms with Crippen LogP contribution in [0.5, 0.6) is 0 Å². The van der Waals surface area contributed by atoms with E-state index in [-0.39, 0.29) is 11.8 Å². The lowest BCUT2D eigenvalue weighted by Gasteiger charge is -2.12. The summed E-state index contributed by atoms with van der Waals surface area (Å²) in [5.74, 6) is -0.384. The molecule has 0 spiro atoms. The lowest BCUT2D eigenvalue weighted by molar-refractivity contribution is -0.117. The van der Waals surface area contributed by atoms with Gasteiger partial charge >= 0.3 is 0 Å². The van der Waals surface area contributed by atoms with Crippen LogP contribution in [0.1, 0.15) is 17.7 Å². The Kier molecular flexibility index (Phi) is 4.64. The van der Waals surface area contributed by atoms with Crippen LogP contribution >= 0.6 is 11.3 Å². The van der Waals surface area contributed by atoms with Gasteiger partial charge in [-0.2, -0.15) is 0 Å². The zero-order valence-electron chi connectivity index (χ0n) is 11.7. The molecule has 112 valence electrons. The van der Waals surface area contributed by atoms with E-state index in [0.717, 1.165) is 11.1 Å². The first-order valence-corrected chi connectivity index (χ1v) is 9.04. The Morgan fingerprint density at radius 2 is 1.90 bits per heavy atom. The van der Waals surface area contributed by atoms with Gasteiger partial charge in [-0.3, -0.25) is 9.52 Å². The van der Waals surface area contributed by atoms with Gasteiger partial charge in [0.1, 0.15) is 0 Å². The van der Waals surface area contributed by atoms with Crippen LogP contribution in [-0.4, -0.2) is 20.6 Å². The van der Waals surface area contributed by atoms with Crippen LogP contribution in [0.4, 0.5) is 11.4 Å². The lowest BCUT2D eigenvalue weighted by atomic mass is 10.1. The number of benzene rings is 1. The number of nitrogens with one attached hydrogen (secondary N) is 2. The molecule has 7 heteroatoms. The molecule has 0 radical (unpaired) electrons. The lowest BCUT2D eigenvalue weighted by Crippen LogP contribution is -2.18. The molecule has 5 nitrogen and oxygen atoms in total. The van der Waals surface area contributed by atoms with E-state index >= 15 is 0 Å². The normalized spacial score (nSPS) is 12.7. The number of hydrogen-bond donors (Lipinski definition) is 2. The van der Waals surface area contributed by atoms with Crippen LogP contribution < -0.4 is 10.0 Å². The smallest absolute Gasteiger partial charge is 0.232 e. The molecule has 0 bridgehead atoms. The number of amides is 1. The van der Waals surface area contributed by atoms with Crippen LogP contribution in [0.2, 0.25) is 0 Å². The van der Waals surface area contributed by atoms with E-state index in [1.165, 1.54) is 11.3 Å². The first-order valence-electron chi connectivity index (χ1n) is 6.27. The SMILES string of the molecule is C[C@@H](C(=O)Nc1cccc(NS(C)(=O)=O)c1)c1cccs1. The molecule has 0 aliphatic carbocycles. The first kappa shape index (κ1) is 15.5. The maximum atomic E-state index is 12.2. The maximum Gasteiger partial charge on any atom is 0.232 e. The summed E-state index contributed by atoms with van der Waals surface area (Å²) in [6.07, 6.45) is 1.08. The molecule has 1 heterocycles. The third kappa shape index (κ3) is 4.57. The average Bonchev–Trinajstić information content (AvgIpc) is 2.89. The van der Waals surface area contributed by atoms with E-state index in [4.69, 9.17) is 0 Å². The van der Waals surface area contributed by atoms with Gasteiger partial charge in [0.25, 0.3) is 0 Å². The third-order valence-corrected chi connectivity index (χ3v) is 4.46. The Balaban J connectivity index is 2.09. The number of hydrogen-bond acceptors (Lipinski definition) is 4. The molecule has 1 amide bonds. The van der Waals surface area contributed by atoms with E-state index < -0.39 is 10.0 Å². The molecule has 0 aliphatic rings. The fourth-order valence-electron chi connectivity index (χ4n) is 1.79. The molecule has 0 fully saturated rings. The van der Waals surface area contributed by atoms with Crippen molar-refractivity contribution < 1.29 is 13.2 Å². The van der Waals surface area contributed by atoms with Crippen molar-refractivity contribution in [2.75, 3.05) is 16.3 Å². The second kappa shape index (κ2) is 6.28. The summed E-state index contributed by atoms with van der Waals surface area (Å²) >= 11 is 1.53. The first-order chi connectivity index (χ1) is 9.85. The van der Waals surface area contributed by atoms with Gasteiger partial charge in [0.15, 0.2) is 0 Å². The molecule has 0 saturated heterocycles. The molecule has 2 N–H and O–H groups in total. The summed E-state index contributed by atoms with van der Waals surface area (Å²) in [7, 11) is -3.34. The Hall–Kier alpha value is -1.86. The van der Waals surface area contributed by atoms with Crippen LogP contribution in [0, 0.1) is 0 Å². The number of anilines is 2. The van der Waals surface area contributed by atoms with Crippen molar-refractivity contribution >= 4 is 38.6 Å². The maximum absolute atomic E-state index is 12.2. The van der Waals surface area contributed by atoms with Gasteiger partial charge in [0.05, 0.1) is 17.9 Å². The highest BCUT2D eigenvalue weighted by molar-refractivity contribution is 7.92. The largest absolute Gasteiger partial charge is 0.325 e. The van der Waals surface area contributed by atoms with Crippen molar-refractivity contribution in [2.24, 2.45) is 0 Å². The Morgan fingerprint density at radius 1 is 1.19 bits per heavy atom. The van der Waals surface area contributed by atoms with Crippen molar-refractivity contribution in [2.45, 2.75) is 12.8 Å². The third-order valence-electron chi connectivity index (χ3n) is 2.80. The van der Waals surface area contributed by atoms with E-state index in [0.29, 0.717) is 11.4 Å². The van der Waals surface area contributed by atoms with Crippen molar-refractivity contribution in [1.82, 2.24) is 0 Å². The number of carbonyl (C=O) groups is 1. The van der Waals surface area contributed by atoms with E-state index in [1.54, 1.807) is 24.3 Å². The Labute approximate surface area is 128 Å². The molecule has 0 saturated carbocycles. The number of rotatable bonds is 5. The van der Waals surface area contributed by atoms with Gasteiger partial charge in [-0.15, -0.1) is 11.3 Å². The predicted molar refractivity (Wildman–Crippen MR) is 86.3 cm³/mol. The molecule has 2 rings (SSSR count). The number of carbonyl (C=O) groups excluding carboxylic acids is 1. The fourth-order valence-corrected chi connectivity index (χ4v) is 3.13. The molecular weight excluding hydrogens is 308 g/mol. The van der Waals surface area contributed by atoms with Crippen molar-refractivity contribution in [1.29, 1.82) is 0 Å². The highest BCUT2D eigenvalue weighted by Gasteiger charge is 2.16. The van der Waals surface area contributed by atoms with Gasteiger partial charge < -0.3 is 5.32 Å². The minimum atomic E-state index is -3.34. The van der Waals surface area contributed by atoms with Gasteiger partial charge in [-0.05, 0) is 36.6 Å². The molecule has 0 unspecified atom stereocenters. The predicted octanol–water partition coefficient (Wildman–Crippen LogP) is 2.86. The molecule has 0 aliphatic heterocycles. The summed E-state index contributed by atoms with van der Waals surface area (Å²) in [4.78, 5) is 13.1. The van der Waals surface area contributed by atoms with E-state index in [1.807, 2.05) is 24.4 Å². The number of thiophene rings is 1. The molecule has 21 heavy (non-hydrogen) atoms. The van der Waals surface area contributed by atoms with E-state index in [9.17, 15) is 13.2 Å². The van der Waals surface area contributed by atoms with Gasteiger partial charge in [0.2, 0.25) is 15.9 Å². The zero-order chi connectivity index (χ0) is 15.5. The van der Waals surface area contributed by atoms with E-state index in [2.05, 4.69) is 10.0 Å². The fraction of sp³-hybridized carbons (Fsp3) is 0.214. The minimum absolute atomic E-state index is 0.131. The summed E-state index contributed by atoms with van der Waals surface area (Å²) in [6, 6.07) is 10.4. The monoisotopic (exact) mass is 324 g/mol. The zero-order valence-corrected chi connectivity index (χ0v) is 13.3. The topological polar surface area (TPSA) is 75.3 Å².